The van der Waals surface area contributed by atoms with Crippen molar-refractivity contribution in [2.45, 2.75) is 89.9 Å². The molecule has 174 valence electrons. The van der Waals surface area contributed by atoms with E-state index in [1.807, 2.05) is 12.1 Å². The van der Waals surface area contributed by atoms with Crippen molar-refractivity contribution < 1.29 is 9.90 Å². The molecule has 0 saturated carbocycles. The molecule has 0 radical (unpaired) electrons. The monoisotopic (exact) mass is 454 g/mol. The molecule has 32 heavy (non-hydrogen) atoms. The summed E-state index contributed by atoms with van der Waals surface area (Å²) in [5.41, 5.74) is 3.04. The maximum absolute atomic E-state index is 10.4. The van der Waals surface area contributed by atoms with Crippen LogP contribution in [0.5, 0.6) is 0 Å². The molecule has 4 nitrogen and oxygen atoms in total. The summed E-state index contributed by atoms with van der Waals surface area (Å²) in [5, 5.41) is 8.60. The molecule has 0 aliphatic rings. The second kappa shape index (κ2) is 17.3. The fourth-order valence-electron chi connectivity index (χ4n) is 3.73. The van der Waals surface area contributed by atoms with E-state index in [1.165, 1.54) is 75.9 Å². The molecule has 0 aliphatic carbocycles. The van der Waals surface area contributed by atoms with Crippen LogP contribution in [0, 0.1) is 0 Å². The van der Waals surface area contributed by atoms with Crippen molar-refractivity contribution in [2.75, 3.05) is 0 Å². The standard InChI is InChI=1S/C27H38N2O2S/c30-26(31)23-18-16-14-12-10-8-6-4-2-1-3-5-7-9-11-13-15-17-20-24-21-19-22-25-27(24)29-32-28-25/h9,11,13,15,17,19-22H,1-8,10,12,14,16,18,23H2,(H,30,31)/b11-9+,15-13+,20-17+. The van der Waals surface area contributed by atoms with Crippen molar-refractivity contribution in [2.24, 2.45) is 0 Å². The Hall–Kier alpha value is -2.27. The summed E-state index contributed by atoms with van der Waals surface area (Å²) in [5.74, 6) is -0.666. The first kappa shape index (κ1) is 26.0. The Morgan fingerprint density at radius 1 is 0.781 bits per heavy atom. The fourth-order valence-corrected chi connectivity index (χ4v) is 4.29. The second-order valence-electron chi connectivity index (χ2n) is 8.33. The van der Waals surface area contributed by atoms with Crippen molar-refractivity contribution in [1.29, 1.82) is 0 Å². The number of unbranched alkanes of at least 4 members (excludes halogenated alkanes) is 12. The lowest BCUT2D eigenvalue weighted by atomic mass is 10.0. The Balaban J connectivity index is 1.37. The first-order valence-corrected chi connectivity index (χ1v) is 12.9. The summed E-state index contributed by atoms with van der Waals surface area (Å²) in [4.78, 5) is 10.4. The van der Waals surface area contributed by atoms with E-state index >= 15 is 0 Å². The fraction of sp³-hybridized carbons (Fsp3) is 0.519. The average Bonchev–Trinajstić information content (AvgIpc) is 3.27. The van der Waals surface area contributed by atoms with Gasteiger partial charge in [-0.15, -0.1) is 0 Å². The van der Waals surface area contributed by atoms with Gasteiger partial charge in [0.25, 0.3) is 0 Å². The maximum atomic E-state index is 10.4. The molecule has 5 heteroatoms. The minimum absolute atomic E-state index is 0.327. The molecule has 2 aromatic rings. The highest BCUT2D eigenvalue weighted by Crippen LogP contribution is 2.17. The molecule has 0 saturated heterocycles. The molecular weight excluding hydrogens is 416 g/mol. The highest BCUT2D eigenvalue weighted by molar-refractivity contribution is 7.00. The maximum Gasteiger partial charge on any atom is 0.303 e. The van der Waals surface area contributed by atoms with Gasteiger partial charge in [-0.25, -0.2) is 0 Å². The van der Waals surface area contributed by atoms with E-state index < -0.39 is 5.97 Å². The molecule has 1 heterocycles. The highest BCUT2D eigenvalue weighted by atomic mass is 32.1. The minimum Gasteiger partial charge on any atom is -0.481 e. The van der Waals surface area contributed by atoms with Gasteiger partial charge in [0.05, 0.1) is 11.7 Å². The number of carbonyl (C=O) groups is 1. The Labute approximate surface area is 197 Å². The number of aromatic nitrogens is 2. The molecule has 0 amide bonds. The van der Waals surface area contributed by atoms with Gasteiger partial charge in [0.2, 0.25) is 0 Å². The lowest BCUT2D eigenvalue weighted by molar-refractivity contribution is -0.137. The molecule has 2 rings (SSSR count). The lowest BCUT2D eigenvalue weighted by Gasteiger charge is -2.02. The van der Waals surface area contributed by atoms with Gasteiger partial charge in [-0.05, 0) is 25.3 Å². The number of aliphatic carboxylic acids is 1. The average molecular weight is 455 g/mol. The number of hydrogen-bond acceptors (Lipinski definition) is 4. The Morgan fingerprint density at radius 3 is 2.09 bits per heavy atom. The molecule has 0 fully saturated rings. The number of carboxylic acids is 1. The zero-order valence-corrected chi connectivity index (χ0v) is 20.1. The van der Waals surface area contributed by atoms with E-state index in [-0.39, 0.29) is 0 Å². The van der Waals surface area contributed by atoms with E-state index in [2.05, 4.69) is 51.3 Å². The molecule has 0 spiro atoms. The van der Waals surface area contributed by atoms with Gasteiger partial charge < -0.3 is 5.11 Å². The predicted octanol–water partition coefficient (Wildman–Crippen LogP) is 8.36. The van der Waals surface area contributed by atoms with Crippen LogP contribution in [0.2, 0.25) is 0 Å². The second-order valence-corrected chi connectivity index (χ2v) is 8.85. The molecule has 1 aromatic heterocycles. The molecule has 0 aliphatic heterocycles. The van der Waals surface area contributed by atoms with Crippen LogP contribution in [-0.2, 0) is 4.79 Å². The topological polar surface area (TPSA) is 63.1 Å². The molecule has 0 unspecified atom stereocenters. The van der Waals surface area contributed by atoms with E-state index in [1.54, 1.807) is 0 Å². The van der Waals surface area contributed by atoms with Crippen LogP contribution in [0.25, 0.3) is 17.1 Å². The molecule has 0 atom stereocenters. The van der Waals surface area contributed by atoms with Crippen LogP contribution in [0.3, 0.4) is 0 Å². The largest absolute Gasteiger partial charge is 0.481 e. The summed E-state index contributed by atoms with van der Waals surface area (Å²) < 4.78 is 8.62. The van der Waals surface area contributed by atoms with Gasteiger partial charge in [0.15, 0.2) is 0 Å². The van der Waals surface area contributed by atoms with Gasteiger partial charge >= 0.3 is 5.97 Å². The van der Waals surface area contributed by atoms with Crippen molar-refractivity contribution >= 4 is 34.8 Å². The van der Waals surface area contributed by atoms with E-state index in [4.69, 9.17) is 5.11 Å². The van der Waals surface area contributed by atoms with Gasteiger partial charge in [0.1, 0.15) is 11.0 Å². The number of carboxylic acid groups (broad SMARTS) is 1. The molecule has 0 bridgehead atoms. The Morgan fingerprint density at radius 2 is 1.41 bits per heavy atom. The lowest BCUT2D eigenvalue weighted by Crippen LogP contribution is -1.93. The summed E-state index contributed by atoms with van der Waals surface area (Å²) in [6.45, 7) is 0. The minimum atomic E-state index is -0.666. The van der Waals surface area contributed by atoms with Crippen LogP contribution in [-0.4, -0.2) is 19.8 Å². The summed E-state index contributed by atoms with van der Waals surface area (Å²) in [7, 11) is 0. The van der Waals surface area contributed by atoms with E-state index in [0.717, 1.165) is 35.9 Å². The van der Waals surface area contributed by atoms with Gasteiger partial charge in [-0.1, -0.05) is 113 Å². The molecule has 1 aromatic carbocycles. The third-order valence-corrected chi connectivity index (χ3v) is 6.12. The number of nitrogens with zero attached hydrogens (tertiary/aromatic N) is 2. The van der Waals surface area contributed by atoms with Gasteiger partial charge in [-0.2, -0.15) is 8.75 Å². The van der Waals surface area contributed by atoms with Crippen LogP contribution in [0.4, 0.5) is 0 Å². The first-order chi connectivity index (χ1) is 15.8. The number of hydrogen-bond donors (Lipinski definition) is 1. The van der Waals surface area contributed by atoms with Crippen molar-refractivity contribution in [3.63, 3.8) is 0 Å². The Kier molecular flexibility index (Phi) is 14.1. The van der Waals surface area contributed by atoms with Crippen molar-refractivity contribution in [1.82, 2.24) is 8.75 Å². The third-order valence-electron chi connectivity index (χ3n) is 5.57. The van der Waals surface area contributed by atoms with Gasteiger partial charge in [0, 0.05) is 12.0 Å². The van der Waals surface area contributed by atoms with Crippen molar-refractivity contribution in [3.05, 3.63) is 54.1 Å². The van der Waals surface area contributed by atoms with E-state index in [0.29, 0.717) is 6.42 Å². The smallest absolute Gasteiger partial charge is 0.303 e. The molecular formula is C27H38N2O2S. The number of rotatable bonds is 18. The zero-order chi connectivity index (χ0) is 22.7. The number of allylic oxidation sites excluding steroid dienone is 5. The molecule has 1 N–H and O–H groups in total. The van der Waals surface area contributed by atoms with Crippen molar-refractivity contribution in [3.8, 4) is 0 Å². The third kappa shape index (κ3) is 11.9. The SMILES string of the molecule is O=C(O)CCCCCCCCCCCCCC/C=C/C=C/C=C/c1cccc2nsnc12. The van der Waals surface area contributed by atoms with Crippen LogP contribution in [0.1, 0.15) is 95.5 Å². The normalized spacial score (nSPS) is 12.1. The van der Waals surface area contributed by atoms with E-state index in [9.17, 15) is 4.79 Å². The number of fused-ring (bicyclic) bond motifs is 1. The number of benzene rings is 1. The zero-order valence-electron chi connectivity index (χ0n) is 19.3. The highest BCUT2D eigenvalue weighted by Gasteiger charge is 2.00. The quantitative estimate of drug-likeness (QED) is 0.181. The summed E-state index contributed by atoms with van der Waals surface area (Å²) in [6.07, 6.45) is 29.1. The van der Waals surface area contributed by atoms with Crippen LogP contribution >= 0.6 is 11.7 Å². The Bertz CT molecular complexity index is 854. The van der Waals surface area contributed by atoms with Gasteiger partial charge in [-0.3, -0.25) is 4.79 Å². The first-order valence-electron chi connectivity index (χ1n) is 12.2. The summed E-state index contributed by atoms with van der Waals surface area (Å²) >= 11 is 1.26. The van der Waals surface area contributed by atoms with Crippen LogP contribution in [0.15, 0.2) is 48.6 Å². The predicted molar refractivity (Wildman–Crippen MR) is 137 cm³/mol. The van der Waals surface area contributed by atoms with Crippen LogP contribution < -0.4 is 0 Å². The summed E-state index contributed by atoms with van der Waals surface area (Å²) in [6, 6.07) is 6.08.